The van der Waals surface area contributed by atoms with E-state index in [0.717, 1.165) is 41.6 Å². The molecule has 0 aliphatic carbocycles. The van der Waals surface area contributed by atoms with Crippen LogP contribution in [0.15, 0.2) is 65.8 Å². The average molecular weight is 393 g/mol. The van der Waals surface area contributed by atoms with Gasteiger partial charge in [-0.3, -0.25) is 9.36 Å². The molecule has 4 rings (SSSR count). The van der Waals surface area contributed by atoms with Gasteiger partial charge in [0.05, 0.1) is 5.75 Å². The number of benzene rings is 2. The van der Waals surface area contributed by atoms with E-state index < -0.39 is 0 Å². The Morgan fingerprint density at radius 2 is 1.75 bits per heavy atom. The summed E-state index contributed by atoms with van der Waals surface area (Å²) in [5.41, 5.74) is 1.99. The Hall–Kier alpha value is -2.60. The fourth-order valence-electron chi connectivity index (χ4n) is 3.63. The van der Waals surface area contributed by atoms with Gasteiger partial charge in [-0.2, -0.15) is 0 Å². The molecule has 0 N–H and O–H groups in total. The topological polar surface area (TPSA) is 51.0 Å². The maximum Gasteiger partial charge on any atom is 0.233 e. The Kier molecular flexibility index (Phi) is 5.76. The Morgan fingerprint density at radius 3 is 2.46 bits per heavy atom. The van der Waals surface area contributed by atoms with E-state index in [2.05, 4.69) is 17.1 Å². The van der Waals surface area contributed by atoms with Crippen LogP contribution in [0.2, 0.25) is 0 Å². The number of nitrogens with zero attached hydrogens (tertiary/aromatic N) is 4. The number of aromatic nitrogens is 3. The molecule has 3 aromatic rings. The Morgan fingerprint density at radius 1 is 1.04 bits per heavy atom. The van der Waals surface area contributed by atoms with Crippen LogP contribution in [0.3, 0.4) is 0 Å². The second-order valence-corrected chi connectivity index (χ2v) is 8.01. The summed E-state index contributed by atoms with van der Waals surface area (Å²) in [5.74, 6) is 1.35. The number of amides is 1. The normalized spacial score (nSPS) is 16.9. The summed E-state index contributed by atoms with van der Waals surface area (Å²) in [6.45, 7) is 3.00. The highest BCUT2D eigenvalue weighted by molar-refractivity contribution is 7.99. The van der Waals surface area contributed by atoms with E-state index in [-0.39, 0.29) is 5.91 Å². The SMILES string of the molecule is C[C@H]1CCCCN1C(=O)CSc1nnc(-c2ccccc2)n1-c1ccccc1. The Labute approximate surface area is 169 Å². The van der Waals surface area contributed by atoms with Gasteiger partial charge in [-0.1, -0.05) is 60.3 Å². The molecule has 0 saturated carbocycles. The van der Waals surface area contributed by atoms with Crippen molar-refractivity contribution in [1.82, 2.24) is 19.7 Å². The first-order valence-electron chi connectivity index (χ1n) is 9.72. The van der Waals surface area contributed by atoms with Crippen LogP contribution < -0.4 is 0 Å². The van der Waals surface area contributed by atoms with Crippen molar-refractivity contribution in [2.45, 2.75) is 37.4 Å². The first-order chi connectivity index (χ1) is 13.7. The third-order valence-corrected chi connectivity index (χ3v) is 6.04. The van der Waals surface area contributed by atoms with E-state index in [1.807, 2.05) is 70.1 Å². The molecule has 0 unspecified atom stereocenters. The van der Waals surface area contributed by atoms with E-state index in [1.165, 1.54) is 18.2 Å². The molecule has 1 saturated heterocycles. The van der Waals surface area contributed by atoms with Crippen molar-refractivity contribution in [2.24, 2.45) is 0 Å². The van der Waals surface area contributed by atoms with Crippen LogP contribution in [0, 0.1) is 0 Å². The summed E-state index contributed by atoms with van der Waals surface area (Å²) in [7, 11) is 0. The molecule has 144 valence electrons. The van der Waals surface area contributed by atoms with Crippen LogP contribution in [-0.2, 0) is 4.79 Å². The van der Waals surface area contributed by atoms with Crippen molar-refractivity contribution in [3.05, 3.63) is 60.7 Å². The molecule has 1 aliphatic heterocycles. The number of carbonyl (C=O) groups excluding carboxylic acids is 1. The van der Waals surface area contributed by atoms with Crippen molar-refractivity contribution < 1.29 is 4.79 Å². The monoisotopic (exact) mass is 392 g/mol. The molecular weight excluding hydrogens is 368 g/mol. The lowest BCUT2D eigenvalue weighted by molar-refractivity contribution is -0.131. The van der Waals surface area contributed by atoms with Crippen molar-refractivity contribution >= 4 is 17.7 Å². The summed E-state index contributed by atoms with van der Waals surface area (Å²) >= 11 is 1.46. The lowest BCUT2D eigenvalue weighted by atomic mass is 10.0. The van der Waals surface area contributed by atoms with Gasteiger partial charge in [0.1, 0.15) is 0 Å². The number of rotatable bonds is 5. The van der Waals surface area contributed by atoms with Crippen LogP contribution in [0.5, 0.6) is 0 Å². The predicted octanol–water partition coefficient (Wildman–Crippen LogP) is 4.43. The van der Waals surface area contributed by atoms with E-state index >= 15 is 0 Å². The minimum absolute atomic E-state index is 0.182. The standard InChI is InChI=1S/C22H24N4OS/c1-17-10-8-9-15-25(17)20(27)16-28-22-24-23-21(18-11-4-2-5-12-18)26(22)19-13-6-3-7-14-19/h2-7,11-14,17H,8-10,15-16H2,1H3/t17-/m0/s1. The van der Waals surface area contributed by atoms with Crippen LogP contribution in [0.4, 0.5) is 0 Å². The Balaban J connectivity index is 1.60. The summed E-state index contributed by atoms with van der Waals surface area (Å²) in [5, 5.41) is 9.58. The number of thioether (sulfide) groups is 1. The molecule has 1 amide bonds. The minimum atomic E-state index is 0.182. The van der Waals surface area contributed by atoms with E-state index in [9.17, 15) is 4.79 Å². The third kappa shape index (κ3) is 3.97. The van der Waals surface area contributed by atoms with Crippen molar-refractivity contribution in [3.63, 3.8) is 0 Å². The van der Waals surface area contributed by atoms with E-state index in [0.29, 0.717) is 11.8 Å². The highest BCUT2D eigenvalue weighted by Gasteiger charge is 2.24. The first-order valence-corrected chi connectivity index (χ1v) is 10.7. The third-order valence-electron chi connectivity index (χ3n) is 5.13. The highest BCUT2D eigenvalue weighted by Crippen LogP contribution is 2.28. The van der Waals surface area contributed by atoms with Crippen molar-refractivity contribution in [2.75, 3.05) is 12.3 Å². The van der Waals surface area contributed by atoms with Gasteiger partial charge in [-0.05, 0) is 38.3 Å². The molecule has 1 aliphatic rings. The van der Waals surface area contributed by atoms with Gasteiger partial charge in [0.2, 0.25) is 5.91 Å². The zero-order valence-corrected chi connectivity index (χ0v) is 16.8. The molecule has 5 nitrogen and oxygen atoms in total. The van der Waals surface area contributed by atoms with E-state index in [1.54, 1.807) is 0 Å². The number of likely N-dealkylation sites (tertiary alicyclic amines) is 1. The summed E-state index contributed by atoms with van der Waals surface area (Å²) in [6, 6.07) is 20.4. The van der Waals surface area contributed by atoms with Gasteiger partial charge in [-0.25, -0.2) is 0 Å². The van der Waals surface area contributed by atoms with Gasteiger partial charge in [-0.15, -0.1) is 10.2 Å². The van der Waals surface area contributed by atoms with Crippen LogP contribution in [-0.4, -0.2) is 43.9 Å². The van der Waals surface area contributed by atoms with Gasteiger partial charge in [0, 0.05) is 23.8 Å². The maximum absolute atomic E-state index is 12.8. The largest absolute Gasteiger partial charge is 0.339 e. The molecule has 1 aromatic heterocycles. The molecule has 0 radical (unpaired) electrons. The van der Waals surface area contributed by atoms with E-state index in [4.69, 9.17) is 0 Å². The van der Waals surface area contributed by atoms with Crippen LogP contribution >= 0.6 is 11.8 Å². The van der Waals surface area contributed by atoms with Gasteiger partial charge in [0.15, 0.2) is 11.0 Å². The summed E-state index contributed by atoms with van der Waals surface area (Å²) in [6.07, 6.45) is 3.40. The zero-order valence-electron chi connectivity index (χ0n) is 16.0. The fourth-order valence-corrected chi connectivity index (χ4v) is 4.46. The number of piperidine rings is 1. The average Bonchev–Trinajstić information content (AvgIpc) is 3.17. The smallest absolute Gasteiger partial charge is 0.233 e. The molecule has 6 heteroatoms. The number of carbonyl (C=O) groups is 1. The number of para-hydroxylation sites is 1. The second kappa shape index (κ2) is 8.61. The quantitative estimate of drug-likeness (QED) is 0.603. The van der Waals surface area contributed by atoms with Gasteiger partial charge < -0.3 is 4.90 Å². The highest BCUT2D eigenvalue weighted by atomic mass is 32.2. The molecule has 2 heterocycles. The summed E-state index contributed by atoms with van der Waals surface area (Å²) in [4.78, 5) is 14.8. The number of hydrogen-bond donors (Lipinski definition) is 0. The molecule has 0 bridgehead atoms. The molecule has 1 atom stereocenters. The summed E-state index contributed by atoms with van der Waals surface area (Å²) < 4.78 is 2.03. The molecule has 2 aromatic carbocycles. The number of hydrogen-bond acceptors (Lipinski definition) is 4. The van der Waals surface area contributed by atoms with Crippen molar-refractivity contribution in [3.8, 4) is 17.1 Å². The molecule has 0 spiro atoms. The lowest BCUT2D eigenvalue weighted by Crippen LogP contribution is -2.42. The molecule has 1 fully saturated rings. The molecular formula is C22H24N4OS. The van der Waals surface area contributed by atoms with Crippen LogP contribution in [0.1, 0.15) is 26.2 Å². The maximum atomic E-state index is 12.8. The second-order valence-electron chi connectivity index (χ2n) is 7.06. The van der Waals surface area contributed by atoms with Crippen molar-refractivity contribution in [1.29, 1.82) is 0 Å². The van der Waals surface area contributed by atoms with Gasteiger partial charge in [0.25, 0.3) is 0 Å². The fraction of sp³-hybridized carbons (Fsp3) is 0.318. The lowest BCUT2D eigenvalue weighted by Gasteiger charge is -2.33. The Bertz CT molecular complexity index is 926. The minimum Gasteiger partial charge on any atom is -0.339 e. The first kappa shape index (κ1) is 18.7. The zero-order chi connectivity index (χ0) is 19.3. The van der Waals surface area contributed by atoms with Gasteiger partial charge >= 0.3 is 0 Å². The van der Waals surface area contributed by atoms with Crippen LogP contribution in [0.25, 0.3) is 17.1 Å². The predicted molar refractivity (Wildman–Crippen MR) is 113 cm³/mol. The molecule has 28 heavy (non-hydrogen) atoms.